The van der Waals surface area contributed by atoms with Crippen LogP contribution in [0.15, 0.2) is 70.3 Å². The van der Waals surface area contributed by atoms with E-state index in [2.05, 4.69) is 0 Å². The smallest absolute Gasteiger partial charge is 0.336 e. The maximum atomic E-state index is 14.7. The minimum absolute atomic E-state index is 0.0775. The van der Waals surface area contributed by atoms with Crippen LogP contribution in [0.4, 0.5) is 4.39 Å². The lowest BCUT2D eigenvalue weighted by atomic mass is 10.2. The van der Waals surface area contributed by atoms with Crippen molar-refractivity contribution in [2.75, 3.05) is 21.3 Å². The van der Waals surface area contributed by atoms with Gasteiger partial charge in [-0.05, 0) is 36.4 Å². The summed E-state index contributed by atoms with van der Waals surface area (Å²) >= 11 is 0. The van der Waals surface area contributed by atoms with Crippen LogP contribution in [0, 0.1) is 5.82 Å². The lowest BCUT2D eigenvalue weighted by molar-refractivity contribution is 0.355. The summed E-state index contributed by atoms with van der Waals surface area (Å²) in [5.74, 6) is 0.950. The third kappa shape index (κ3) is 3.51. The molecule has 0 fully saturated rings. The first-order valence-corrected chi connectivity index (χ1v) is 11.2. The highest BCUT2D eigenvalue weighted by Gasteiger charge is 2.23. The molecule has 0 unspecified atom stereocenters. The first kappa shape index (κ1) is 23.2. The van der Waals surface area contributed by atoms with Crippen LogP contribution >= 0.6 is 0 Å². The molecule has 0 spiro atoms. The van der Waals surface area contributed by atoms with Gasteiger partial charge in [-0.15, -0.1) is 0 Å². The van der Waals surface area contributed by atoms with E-state index in [1.807, 2.05) is 6.07 Å². The molecule has 2 heterocycles. The Bertz CT molecular complexity index is 1750. The van der Waals surface area contributed by atoms with E-state index in [1.165, 1.54) is 24.9 Å². The van der Waals surface area contributed by atoms with E-state index in [1.54, 1.807) is 67.3 Å². The Labute approximate surface area is 205 Å². The molecule has 2 aromatic heterocycles. The van der Waals surface area contributed by atoms with Crippen LogP contribution in [0.3, 0.4) is 0 Å². The number of ether oxygens (including phenoxy) is 3. The Morgan fingerprint density at radius 2 is 1.58 bits per heavy atom. The summed E-state index contributed by atoms with van der Waals surface area (Å²) in [6, 6.07) is 16.4. The SMILES string of the molecule is COc1ccc2c(c1)c1c(c(=O)n(-c3ccc(OC)c(OC)c3)c(=O)n1Cc1ccccc1F)n2C. The van der Waals surface area contributed by atoms with Crippen molar-refractivity contribution in [2.24, 2.45) is 7.05 Å². The molecule has 0 saturated heterocycles. The summed E-state index contributed by atoms with van der Waals surface area (Å²) in [5, 5.41) is 0.650. The number of aromatic nitrogens is 3. The zero-order chi connectivity index (χ0) is 25.6. The topological polar surface area (TPSA) is 76.6 Å². The van der Waals surface area contributed by atoms with Crippen molar-refractivity contribution in [1.29, 1.82) is 0 Å². The van der Waals surface area contributed by atoms with Crippen LogP contribution in [0.5, 0.6) is 17.2 Å². The second-order valence-corrected chi connectivity index (χ2v) is 8.28. The number of fused-ring (bicyclic) bond motifs is 3. The molecule has 0 saturated carbocycles. The van der Waals surface area contributed by atoms with Crippen molar-refractivity contribution >= 4 is 21.9 Å². The van der Waals surface area contributed by atoms with E-state index in [9.17, 15) is 14.0 Å². The number of rotatable bonds is 6. The minimum Gasteiger partial charge on any atom is -0.497 e. The fraction of sp³-hybridized carbons (Fsp3) is 0.185. The van der Waals surface area contributed by atoms with Gasteiger partial charge in [0.2, 0.25) is 0 Å². The molecule has 0 atom stereocenters. The van der Waals surface area contributed by atoms with Crippen molar-refractivity contribution in [3.63, 3.8) is 0 Å². The number of hydrogen-bond acceptors (Lipinski definition) is 5. The second-order valence-electron chi connectivity index (χ2n) is 8.28. The average molecular weight is 490 g/mol. The predicted molar refractivity (Wildman–Crippen MR) is 135 cm³/mol. The molecule has 5 aromatic rings. The fourth-order valence-corrected chi connectivity index (χ4v) is 4.59. The molecule has 184 valence electrons. The van der Waals surface area contributed by atoms with Gasteiger partial charge in [0.25, 0.3) is 5.56 Å². The first-order chi connectivity index (χ1) is 17.4. The number of methoxy groups -OCH3 is 3. The molecule has 8 nitrogen and oxygen atoms in total. The van der Waals surface area contributed by atoms with Crippen LogP contribution in [0.25, 0.3) is 27.6 Å². The van der Waals surface area contributed by atoms with Gasteiger partial charge in [-0.3, -0.25) is 9.36 Å². The quantitative estimate of drug-likeness (QED) is 0.362. The van der Waals surface area contributed by atoms with Gasteiger partial charge in [-0.2, -0.15) is 0 Å². The number of aryl methyl sites for hydroxylation is 1. The molecule has 0 aliphatic rings. The van der Waals surface area contributed by atoms with Crippen LogP contribution in [0.1, 0.15) is 5.56 Å². The van der Waals surface area contributed by atoms with Crippen LogP contribution < -0.4 is 25.5 Å². The zero-order valence-electron chi connectivity index (χ0n) is 20.2. The van der Waals surface area contributed by atoms with Crippen LogP contribution in [0.2, 0.25) is 0 Å². The van der Waals surface area contributed by atoms with Crippen molar-refractivity contribution in [3.05, 3.63) is 92.9 Å². The molecule has 3 aromatic carbocycles. The van der Waals surface area contributed by atoms with E-state index in [0.29, 0.717) is 44.9 Å². The Morgan fingerprint density at radius 1 is 0.833 bits per heavy atom. The monoisotopic (exact) mass is 489 g/mol. The second kappa shape index (κ2) is 8.92. The van der Waals surface area contributed by atoms with E-state index < -0.39 is 17.1 Å². The van der Waals surface area contributed by atoms with Gasteiger partial charge in [-0.25, -0.2) is 13.8 Å². The number of benzene rings is 3. The summed E-state index contributed by atoms with van der Waals surface area (Å²) in [6.45, 7) is -0.0775. The van der Waals surface area contributed by atoms with E-state index in [0.717, 1.165) is 10.1 Å². The van der Waals surface area contributed by atoms with Gasteiger partial charge in [0.05, 0.1) is 44.6 Å². The number of halogens is 1. The Kier molecular flexibility index (Phi) is 5.75. The van der Waals surface area contributed by atoms with Crippen LogP contribution in [-0.4, -0.2) is 35.0 Å². The first-order valence-electron chi connectivity index (χ1n) is 11.2. The summed E-state index contributed by atoms with van der Waals surface area (Å²) < 4.78 is 35.0. The number of nitrogens with zero attached hydrogens (tertiary/aromatic N) is 3. The van der Waals surface area contributed by atoms with Crippen LogP contribution in [-0.2, 0) is 13.6 Å². The molecule has 0 N–H and O–H groups in total. The molecular formula is C27H24FN3O5. The van der Waals surface area contributed by atoms with Crippen molar-refractivity contribution in [2.45, 2.75) is 6.54 Å². The van der Waals surface area contributed by atoms with Gasteiger partial charge < -0.3 is 18.8 Å². The lowest BCUT2D eigenvalue weighted by Crippen LogP contribution is -2.39. The molecule has 0 aliphatic heterocycles. The Balaban J connectivity index is 1.93. The molecule has 0 radical (unpaired) electrons. The molecule has 0 amide bonds. The fourth-order valence-electron chi connectivity index (χ4n) is 4.59. The van der Waals surface area contributed by atoms with E-state index >= 15 is 0 Å². The molecule has 5 rings (SSSR count). The third-order valence-electron chi connectivity index (χ3n) is 6.39. The summed E-state index contributed by atoms with van der Waals surface area (Å²) in [7, 11) is 6.28. The third-order valence-corrected chi connectivity index (χ3v) is 6.39. The van der Waals surface area contributed by atoms with Crippen molar-refractivity contribution in [3.8, 4) is 22.9 Å². The summed E-state index contributed by atoms with van der Waals surface area (Å²) in [4.78, 5) is 27.8. The highest BCUT2D eigenvalue weighted by atomic mass is 19.1. The highest BCUT2D eigenvalue weighted by molar-refractivity contribution is 6.06. The summed E-state index contributed by atoms with van der Waals surface area (Å²) in [6.07, 6.45) is 0. The standard InChI is InChI=1S/C27H24FN3O5/c1-29-21-11-10-18(34-2)14-19(21)24-25(29)26(32)31(17-9-12-22(35-3)23(13-17)36-4)27(33)30(24)15-16-7-5-6-8-20(16)28/h5-14H,15H2,1-4H3. The maximum absolute atomic E-state index is 14.7. The Morgan fingerprint density at radius 3 is 2.28 bits per heavy atom. The van der Waals surface area contributed by atoms with Gasteiger partial charge in [0, 0.05) is 24.1 Å². The summed E-state index contributed by atoms with van der Waals surface area (Å²) in [5.41, 5.74) is 0.927. The van der Waals surface area contributed by atoms with E-state index in [4.69, 9.17) is 14.2 Å². The van der Waals surface area contributed by atoms with Gasteiger partial charge >= 0.3 is 5.69 Å². The predicted octanol–water partition coefficient (Wildman–Crippen LogP) is 3.86. The Hall–Kier alpha value is -4.53. The molecule has 36 heavy (non-hydrogen) atoms. The van der Waals surface area contributed by atoms with Crippen molar-refractivity contribution in [1.82, 2.24) is 13.7 Å². The average Bonchev–Trinajstić information content (AvgIpc) is 3.19. The lowest BCUT2D eigenvalue weighted by Gasteiger charge is -2.15. The normalized spacial score (nSPS) is 11.2. The highest BCUT2D eigenvalue weighted by Crippen LogP contribution is 2.31. The zero-order valence-corrected chi connectivity index (χ0v) is 20.2. The van der Waals surface area contributed by atoms with Gasteiger partial charge in [0.15, 0.2) is 11.5 Å². The largest absolute Gasteiger partial charge is 0.497 e. The van der Waals surface area contributed by atoms with Gasteiger partial charge in [0.1, 0.15) is 17.1 Å². The number of hydrogen-bond donors (Lipinski definition) is 0. The van der Waals surface area contributed by atoms with E-state index in [-0.39, 0.29) is 6.54 Å². The molecule has 9 heteroatoms. The molecular weight excluding hydrogens is 465 g/mol. The maximum Gasteiger partial charge on any atom is 0.336 e. The molecule has 0 aliphatic carbocycles. The van der Waals surface area contributed by atoms with Gasteiger partial charge in [-0.1, -0.05) is 18.2 Å². The van der Waals surface area contributed by atoms with Crippen molar-refractivity contribution < 1.29 is 18.6 Å². The molecule has 0 bridgehead atoms. The minimum atomic E-state index is -0.613.